The van der Waals surface area contributed by atoms with Crippen molar-refractivity contribution in [3.8, 4) is 5.88 Å². The van der Waals surface area contributed by atoms with Gasteiger partial charge in [-0.1, -0.05) is 0 Å². The Kier molecular flexibility index (Phi) is 5.88. The number of anilines is 1. The molecule has 0 atom stereocenters. The van der Waals surface area contributed by atoms with E-state index in [0.29, 0.717) is 11.6 Å². The zero-order valence-corrected chi connectivity index (χ0v) is 10.8. The molecule has 1 aromatic heterocycles. The molecule has 0 bridgehead atoms. The monoisotopic (exact) mass is 278 g/mol. The number of hydrogen-bond donors (Lipinski definition) is 1. The normalized spacial score (nSPS) is 11.7. The highest BCUT2D eigenvalue weighted by Gasteiger charge is 2.27. The van der Waals surface area contributed by atoms with Crippen molar-refractivity contribution in [3.63, 3.8) is 0 Å². The summed E-state index contributed by atoms with van der Waals surface area (Å²) >= 11 is 0. The van der Waals surface area contributed by atoms with Crippen LogP contribution in [0.15, 0.2) is 18.3 Å². The van der Waals surface area contributed by atoms with Gasteiger partial charge in [-0.2, -0.15) is 13.2 Å². The third kappa shape index (κ3) is 6.85. The topological polar surface area (TPSA) is 43.4 Å². The molecule has 0 fully saturated rings. The maximum atomic E-state index is 11.8. The maximum Gasteiger partial charge on any atom is 0.411 e. The number of hydrogen-bond acceptors (Lipinski definition) is 4. The van der Waals surface area contributed by atoms with Crippen LogP contribution in [0.3, 0.4) is 0 Å². The van der Waals surface area contributed by atoms with Gasteiger partial charge in [-0.15, -0.1) is 0 Å². The predicted octanol–water partition coefficient (Wildman–Crippen LogP) is 2.86. The minimum atomic E-state index is -4.29. The van der Waals surface area contributed by atoms with Gasteiger partial charge in [0.05, 0.1) is 18.4 Å². The average molecular weight is 278 g/mol. The molecule has 0 aliphatic carbocycles. The van der Waals surface area contributed by atoms with Crippen molar-refractivity contribution in [2.45, 2.75) is 26.1 Å². The van der Waals surface area contributed by atoms with Crippen LogP contribution in [0.25, 0.3) is 0 Å². The fourth-order valence-corrected chi connectivity index (χ4v) is 1.29. The summed E-state index contributed by atoms with van der Waals surface area (Å²) in [5, 5.41) is 2.93. The summed E-state index contributed by atoms with van der Waals surface area (Å²) in [7, 11) is 0. The summed E-state index contributed by atoms with van der Waals surface area (Å²) in [6, 6.07) is 3.46. The zero-order chi connectivity index (χ0) is 14.3. The fourth-order valence-electron chi connectivity index (χ4n) is 1.29. The first-order valence-electron chi connectivity index (χ1n) is 5.88. The molecule has 4 nitrogen and oxygen atoms in total. The molecule has 0 aromatic carbocycles. The summed E-state index contributed by atoms with van der Waals surface area (Å²) in [5.74, 6) is 0.424. The van der Waals surface area contributed by atoms with Crippen LogP contribution >= 0.6 is 0 Å². The van der Waals surface area contributed by atoms with E-state index in [4.69, 9.17) is 4.74 Å². The molecular weight excluding hydrogens is 261 g/mol. The molecule has 1 heterocycles. The Bertz CT molecular complexity index is 383. The quantitative estimate of drug-likeness (QED) is 0.779. The molecule has 7 heteroatoms. The molecule has 0 aliphatic rings. The van der Waals surface area contributed by atoms with Crippen LogP contribution < -0.4 is 10.1 Å². The Hall–Kier alpha value is -1.50. The lowest BCUT2D eigenvalue weighted by molar-refractivity contribution is -0.172. The lowest BCUT2D eigenvalue weighted by Gasteiger charge is -2.14. The van der Waals surface area contributed by atoms with Gasteiger partial charge in [0.1, 0.15) is 6.61 Å². The van der Waals surface area contributed by atoms with Crippen molar-refractivity contribution in [3.05, 3.63) is 18.3 Å². The van der Waals surface area contributed by atoms with Crippen LogP contribution in [-0.2, 0) is 4.74 Å². The van der Waals surface area contributed by atoms with Crippen LogP contribution in [0.5, 0.6) is 5.88 Å². The van der Waals surface area contributed by atoms with Crippen molar-refractivity contribution in [2.24, 2.45) is 0 Å². The second-order valence-corrected chi connectivity index (χ2v) is 4.12. The molecule has 108 valence electrons. The van der Waals surface area contributed by atoms with Gasteiger partial charge >= 0.3 is 6.18 Å². The van der Waals surface area contributed by atoms with Gasteiger partial charge in [-0.25, -0.2) is 4.98 Å². The van der Waals surface area contributed by atoms with Gasteiger partial charge in [-0.05, 0) is 26.0 Å². The first kappa shape index (κ1) is 15.6. The van der Waals surface area contributed by atoms with Crippen molar-refractivity contribution >= 4 is 5.69 Å². The summed E-state index contributed by atoms with van der Waals surface area (Å²) < 4.78 is 45.5. The van der Waals surface area contributed by atoms with Gasteiger partial charge in [0.15, 0.2) is 0 Å². The average Bonchev–Trinajstić information content (AvgIpc) is 2.28. The molecule has 1 N–H and O–H groups in total. The number of nitrogens with zero attached hydrogens (tertiary/aromatic N) is 1. The molecule has 0 spiro atoms. The SMILES string of the molecule is CC(C)Oc1ncccc1NCCOCC(F)(F)F. The van der Waals surface area contributed by atoms with Crippen molar-refractivity contribution in [1.29, 1.82) is 0 Å². The van der Waals surface area contributed by atoms with E-state index in [0.717, 1.165) is 0 Å². The van der Waals surface area contributed by atoms with E-state index in [1.165, 1.54) is 0 Å². The van der Waals surface area contributed by atoms with Gasteiger partial charge < -0.3 is 14.8 Å². The minimum Gasteiger partial charge on any atom is -0.473 e. The lowest BCUT2D eigenvalue weighted by atomic mass is 10.4. The minimum absolute atomic E-state index is 0.0306. The van der Waals surface area contributed by atoms with Gasteiger partial charge in [0.25, 0.3) is 0 Å². The number of rotatable bonds is 7. The summed E-state index contributed by atoms with van der Waals surface area (Å²) in [5.41, 5.74) is 0.631. The number of ether oxygens (including phenoxy) is 2. The van der Waals surface area contributed by atoms with Crippen LogP contribution in [0.2, 0.25) is 0 Å². The lowest BCUT2D eigenvalue weighted by Crippen LogP contribution is -2.20. The Labute approximate surface area is 109 Å². The number of pyridine rings is 1. The van der Waals surface area contributed by atoms with E-state index < -0.39 is 12.8 Å². The van der Waals surface area contributed by atoms with Gasteiger partial charge in [0, 0.05) is 12.7 Å². The third-order valence-electron chi connectivity index (χ3n) is 1.95. The molecule has 0 radical (unpaired) electrons. The van der Waals surface area contributed by atoms with E-state index in [1.807, 2.05) is 13.8 Å². The summed E-state index contributed by atoms with van der Waals surface area (Å²) in [6.45, 7) is 2.69. The van der Waals surface area contributed by atoms with E-state index >= 15 is 0 Å². The molecule has 0 saturated heterocycles. The first-order valence-corrected chi connectivity index (χ1v) is 5.88. The maximum absolute atomic E-state index is 11.8. The number of halogens is 3. The number of alkyl halides is 3. The molecule has 0 unspecified atom stereocenters. The van der Waals surface area contributed by atoms with Crippen LogP contribution in [0.4, 0.5) is 18.9 Å². The van der Waals surface area contributed by atoms with E-state index in [1.54, 1.807) is 18.3 Å². The zero-order valence-electron chi connectivity index (χ0n) is 10.8. The molecule has 0 aliphatic heterocycles. The van der Waals surface area contributed by atoms with E-state index in [2.05, 4.69) is 15.0 Å². The highest BCUT2D eigenvalue weighted by molar-refractivity contribution is 5.51. The summed E-state index contributed by atoms with van der Waals surface area (Å²) in [4.78, 5) is 4.05. The smallest absolute Gasteiger partial charge is 0.411 e. The molecule has 1 rings (SSSR count). The predicted molar refractivity (Wildman–Crippen MR) is 65.4 cm³/mol. The Balaban J connectivity index is 2.36. The molecule has 19 heavy (non-hydrogen) atoms. The molecule has 0 amide bonds. The standard InChI is InChI=1S/C12H17F3N2O2/c1-9(2)19-11-10(4-3-5-17-11)16-6-7-18-8-12(13,14)15/h3-5,9,16H,6-8H2,1-2H3. The highest BCUT2D eigenvalue weighted by atomic mass is 19.4. The molecular formula is C12H17F3N2O2. The second-order valence-electron chi connectivity index (χ2n) is 4.12. The van der Waals surface area contributed by atoms with Gasteiger partial charge in [-0.3, -0.25) is 0 Å². The Morgan fingerprint density at radius 3 is 2.74 bits per heavy atom. The van der Waals surface area contributed by atoms with Crippen molar-refractivity contribution in [2.75, 3.05) is 25.1 Å². The van der Waals surface area contributed by atoms with Crippen LogP contribution in [0, 0.1) is 0 Å². The molecule has 1 aromatic rings. The highest BCUT2D eigenvalue weighted by Crippen LogP contribution is 2.21. The van der Waals surface area contributed by atoms with Gasteiger partial charge in [0.2, 0.25) is 5.88 Å². The first-order chi connectivity index (χ1) is 8.88. The van der Waals surface area contributed by atoms with Crippen LogP contribution in [0.1, 0.15) is 13.8 Å². The molecule has 0 saturated carbocycles. The van der Waals surface area contributed by atoms with E-state index in [-0.39, 0.29) is 19.3 Å². The fraction of sp³-hybridized carbons (Fsp3) is 0.583. The summed E-state index contributed by atoms with van der Waals surface area (Å²) in [6.07, 6.45) is -2.74. The largest absolute Gasteiger partial charge is 0.473 e. The number of nitrogens with one attached hydrogen (secondary N) is 1. The second kappa shape index (κ2) is 7.18. The van der Waals surface area contributed by atoms with Crippen molar-refractivity contribution in [1.82, 2.24) is 4.98 Å². The Morgan fingerprint density at radius 1 is 1.37 bits per heavy atom. The Morgan fingerprint density at radius 2 is 2.11 bits per heavy atom. The van der Waals surface area contributed by atoms with Crippen molar-refractivity contribution < 1.29 is 22.6 Å². The van der Waals surface area contributed by atoms with E-state index in [9.17, 15) is 13.2 Å². The third-order valence-corrected chi connectivity index (χ3v) is 1.95. The number of aromatic nitrogens is 1. The van der Waals surface area contributed by atoms with Crippen LogP contribution in [-0.4, -0.2) is 37.0 Å².